The van der Waals surface area contributed by atoms with Gasteiger partial charge in [0.15, 0.2) is 0 Å². The van der Waals surface area contributed by atoms with Crippen LogP contribution in [-0.4, -0.2) is 26.0 Å². The van der Waals surface area contributed by atoms with Crippen LogP contribution in [0.5, 0.6) is 0 Å². The first-order valence-corrected chi connectivity index (χ1v) is 10.2. The van der Waals surface area contributed by atoms with E-state index in [1.165, 1.54) is 48.5 Å². The van der Waals surface area contributed by atoms with Gasteiger partial charge in [0.2, 0.25) is 0 Å². The van der Waals surface area contributed by atoms with Crippen molar-refractivity contribution in [3.8, 4) is 0 Å². The molecule has 0 radical (unpaired) electrons. The molecule has 3 N–H and O–H groups in total. The number of benzene rings is 3. The topological polar surface area (TPSA) is 95.5 Å². The summed E-state index contributed by atoms with van der Waals surface area (Å²) >= 11 is 0. The van der Waals surface area contributed by atoms with Crippen LogP contribution < -0.4 is 10.0 Å². The summed E-state index contributed by atoms with van der Waals surface area (Å²) in [7, 11) is -3.78. The summed E-state index contributed by atoms with van der Waals surface area (Å²) in [6.07, 6.45) is -1.07. The number of nitrogens with one attached hydrogen (secondary N) is 2. The van der Waals surface area contributed by atoms with Gasteiger partial charge in [-0.2, -0.15) is 0 Å². The number of amides is 1. The molecule has 29 heavy (non-hydrogen) atoms. The molecule has 1 atom stereocenters. The molecule has 1 amide bonds. The number of carbonyl (C=O) groups is 1. The average molecular weight is 414 g/mol. The van der Waals surface area contributed by atoms with Gasteiger partial charge in [-0.3, -0.25) is 9.52 Å². The minimum absolute atomic E-state index is 0.105. The number of hydrogen-bond acceptors (Lipinski definition) is 4. The van der Waals surface area contributed by atoms with Crippen LogP contribution in [-0.2, 0) is 10.0 Å². The predicted molar refractivity (Wildman–Crippen MR) is 107 cm³/mol. The van der Waals surface area contributed by atoms with Gasteiger partial charge >= 0.3 is 0 Å². The van der Waals surface area contributed by atoms with Gasteiger partial charge < -0.3 is 10.4 Å². The van der Waals surface area contributed by atoms with Gasteiger partial charge in [-0.05, 0) is 48.0 Å². The number of aliphatic hydroxyl groups is 1. The molecule has 0 aliphatic carbocycles. The van der Waals surface area contributed by atoms with Gasteiger partial charge in [0, 0.05) is 17.8 Å². The van der Waals surface area contributed by atoms with Crippen molar-refractivity contribution in [1.82, 2.24) is 5.32 Å². The lowest BCUT2D eigenvalue weighted by Crippen LogP contribution is -2.28. The molecule has 8 heteroatoms. The molecule has 0 saturated carbocycles. The van der Waals surface area contributed by atoms with Gasteiger partial charge in [0.05, 0.1) is 11.0 Å². The third-order valence-electron chi connectivity index (χ3n) is 4.12. The second kappa shape index (κ2) is 8.85. The molecule has 0 aromatic heterocycles. The molecule has 0 aliphatic heterocycles. The number of anilines is 1. The predicted octanol–water partition coefficient (Wildman–Crippen LogP) is 3.09. The summed E-state index contributed by atoms with van der Waals surface area (Å²) in [5, 5.41) is 12.7. The zero-order valence-electron chi connectivity index (χ0n) is 15.2. The monoisotopic (exact) mass is 414 g/mol. The van der Waals surface area contributed by atoms with Crippen molar-refractivity contribution >= 4 is 21.6 Å². The SMILES string of the molecule is O=C(NCC(O)c1cccc(F)c1)c1cccc(NS(=O)(=O)c2ccccc2)c1. The normalized spacial score (nSPS) is 12.2. The van der Waals surface area contributed by atoms with Gasteiger partial charge in [0.25, 0.3) is 15.9 Å². The summed E-state index contributed by atoms with van der Waals surface area (Å²) in [6, 6.07) is 19.3. The first kappa shape index (κ1) is 20.5. The van der Waals surface area contributed by atoms with E-state index in [4.69, 9.17) is 0 Å². The van der Waals surface area contributed by atoms with Crippen molar-refractivity contribution in [2.75, 3.05) is 11.3 Å². The van der Waals surface area contributed by atoms with Crippen LogP contribution in [0, 0.1) is 5.82 Å². The Labute approximate surface area is 168 Å². The average Bonchev–Trinajstić information content (AvgIpc) is 2.72. The van der Waals surface area contributed by atoms with Crippen molar-refractivity contribution in [3.63, 3.8) is 0 Å². The van der Waals surface area contributed by atoms with E-state index in [9.17, 15) is 22.7 Å². The lowest BCUT2D eigenvalue weighted by Gasteiger charge is -2.13. The molecule has 3 aromatic rings. The maximum Gasteiger partial charge on any atom is 0.261 e. The van der Waals surface area contributed by atoms with Crippen LogP contribution in [0.1, 0.15) is 22.0 Å². The van der Waals surface area contributed by atoms with Crippen LogP contribution in [0.25, 0.3) is 0 Å². The molecule has 0 bridgehead atoms. The molecule has 0 spiro atoms. The Hall–Kier alpha value is -3.23. The maximum absolute atomic E-state index is 13.2. The Kier molecular flexibility index (Phi) is 6.26. The van der Waals surface area contributed by atoms with Gasteiger partial charge in [-0.25, -0.2) is 12.8 Å². The molecule has 6 nitrogen and oxygen atoms in total. The number of sulfonamides is 1. The van der Waals surface area contributed by atoms with Crippen molar-refractivity contribution in [1.29, 1.82) is 0 Å². The van der Waals surface area contributed by atoms with Gasteiger partial charge in [-0.1, -0.05) is 36.4 Å². The van der Waals surface area contributed by atoms with Gasteiger partial charge in [-0.15, -0.1) is 0 Å². The molecule has 3 rings (SSSR count). The Bertz CT molecular complexity index is 1100. The Morgan fingerprint density at radius 3 is 2.41 bits per heavy atom. The third-order valence-corrected chi connectivity index (χ3v) is 5.52. The van der Waals surface area contributed by atoms with Crippen LogP contribution >= 0.6 is 0 Å². The van der Waals surface area contributed by atoms with E-state index in [1.807, 2.05) is 0 Å². The zero-order valence-corrected chi connectivity index (χ0v) is 16.1. The molecule has 3 aromatic carbocycles. The first-order valence-electron chi connectivity index (χ1n) is 8.75. The highest BCUT2D eigenvalue weighted by Crippen LogP contribution is 2.18. The Morgan fingerprint density at radius 2 is 1.69 bits per heavy atom. The smallest absolute Gasteiger partial charge is 0.261 e. The molecule has 0 saturated heterocycles. The lowest BCUT2D eigenvalue weighted by atomic mass is 10.1. The second-order valence-corrected chi connectivity index (χ2v) is 7.96. The largest absolute Gasteiger partial charge is 0.387 e. The van der Waals surface area contributed by atoms with E-state index in [0.29, 0.717) is 5.56 Å². The standard InChI is InChI=1S/C21H19FN2O4S/c22-17-8-4-6-15(12-17)20(25)14-23-21(26)16-7-5-9-18(13-16)24-29(27,28)19-10-2-1-3-11-19/h1-13,20,24-25H,14H2,(H,23,26). The van der Waals surface area contributed by atoms with Crippen molar-refractivity contribution in [2.45, 2.75) is 11.0 Å². The minimum atomic E-state index is -3.78. The van der Waals surface area contributed by atoms with Crippen molar-refractivity contribution in [3.05, 3.63) is 95.8 Å². The van der Waals surface area contributed by atoms with Crippen LogP contribution in [0.15, 0.2) is 83.8 Å². The van der Waals surface area contributed by atoms with E-state index in [1.54, 1.807) is 30.3 Å². The molecule has 0 fully saturated rings. The van der Waals surface area contributed by atoms with Crippen molar-refractivity contribution < 1.29 is 22.7 Å². The highest BCUT2D eigenvalue weighted by molar-refractivity contribution is 7.92. The highest BCUT2D eigenvalue weighted by Gasteiger charge is 2.15. The maximum atomic E-state index is 13.2. The number of rotatable bonds is 7. The van der Waals surface area contributed by atoms with E-state index in [2.05, 4.69) is 10.0 Å². The summed E-state index contributed by atoms with van der Waals surface area (Å²) in [6.45, 7) is -0.123. The molecule has 1 unspecified atom stereocenters. The third kappa shape index (κ3) is 5.40. The fourth-order valence-electron chi connectivity index (χ4n) is 2.66. The fourth-order valence-corrected chi connectivity index (χ4v) is 3.73. The first-order chi connectivity index (χ1) is 13.8. The molecule has 150 valence electrons. The van der Waals surface area contributed by atoms with E-state index >= 15 is 0 Å². The van der Waals surface area contributed by atoms with E-state index in [0.717, 1.165) is 0 Å². The lowest BCUT2D eigenvalue weighted by molar-refractivity contribution is 0.0916. The number of halogens is 1. The van der Waals surface area contributed by atoms with E-state index in [-0.39, 0.29) is 22.7 Å². The molecular formula is C21H19FN2O4S. The fraction of sp³-hybridized carbons (Fsp3) is 0.0952. The Morgan fingerprint density at radius 1 is 0.966 bits per heavy atom. The van der Waals surface area contributed by atoms with Crippen LogP contribution in [0.2, 0.25) is 0 Å². The Balaban J connectivity index is 1.66. The van der Waals surface area contributed by atoms with Crippen molar-refractivity contribution in [2.24, 2.45) is 0 Å². The van der Waals surface area contributed by atoms with Crippen LogP contribution in [0.4, 0.5) is 10.1 Å². The summed E-state index contributed by atoms with van der Waals surface area (Å²) < 4.78 is 40.5. The molecule has 0 aliphatic rings. The van der Waals surface area contributed by atoms with Gasteiger partial charge in [0.1, 0.15) is 5.82 Å². The molecule has 0 heterocycles. The zero-order chi connectivity index (χ0) is 20.9. The summed E-state index contributed by atoms with van der Waals surface area (Å²) in [4.78, 5) is 12.5. The van der Waals surface area contributed by atoms with Crippen LogP contribution in [0.3, 0.4) is 0 Å². The number of aliphatic hydroxyl groups excluding tert-OH is 1. The number of hydrogen-bond donors (Lipinski definition) is 3. The van der Waals surface area contributed by atoms with E-state index < -0.39 is 27.9 Å². The quantitative estimate of drug-likeness (QED) is 0.554. The number of carbonyl (C=O) groups excluding carboxylic acids is 1. The second-order valence-electron chi connectivity index (χ2n) is 6.28. The minimum Gasteiger partial charge on any atom is -0.387 e. The highest BCUT2D eigenvalue weighted by atomic mass is 32.2. The molecular weight excluding hydrogens is 395 g/mol. The summed E-state index contributed by atoms with van der Waals surface area (Å²) in [5.74, 6) is -0.979. The summed E-state index contributed by atoms with van der Waals surface area (Å²) in [5.41, 5.74) is 0.784.